The van der Waals surface area contributed by atoms with Gasteiger partial charge in [0.1, 0.15) is 10.9 Å². The van der Waals surface area contributed by atoms with Crippen LogP contribution in [0.25, 0.3) is 0 Å². The lowest BCUT2D eigenvalue weighted by Crippen LogP contribution is -2.48. The molecule has 0 aliphatic rings. The Bertz CT molecular complexity index is 502. The smallest absolute Gasteiger partial charge is 0.242 e. The molecule has 0 aliphatic heterocycles. The first-order chi connectivity index (χ1) is 8.38. The molecule has 0 aromatic carbocycles. The number of sulfonamides is 1. The highest BCUT2D eigenvalue weighted by molar-refractivity contribution is 7.89. The van der Waals surface area contributed by atoms with Crippen LogP contribution in [0.3, 0.4) is 0 Å². The number of rotatable bonds is 6. The Kier molecular flexibility index (Phi) is 4.80. The topological polar surface area (TPSA) is 102 Å². The van der Waals surface area contributed by atoms with Gasteiger partial charge >= 0.3 is 0 Å². The zero-order valence-electron chi connectivity index (χ0n) is 10.3. The maximum Gasteiger partial charge on any atom is 0.242 e. The number of primary amides is 1. The number of carbonyl (C=O) groups is 1. The van der Waals surface area contributed by atoms with Gasteiger partial charge in [0.05, 0.1) is 0 Å². The predicted octanol–water partition coefficient (Wildman–Crippen LogP) is 0.260. The summed E-state index contributed by atoms with van der Waals surface area (Å²) in [6, 6.07) is 2.00. The fourth-order valence-corrected chi connectivity index (χ4v) is 2.71. The summed E-state index contributed by atoms with van der Waals surface area (Å²) in [5, 5.41) is 0. The first-order valence-electron chi connectivity index (χ1n) is 5.60. The van der Waals surface area contributed by atoms with Crippen LogP contribution in [-0.4, -0.2) is 25.4 Å². The number of carbonyl (C=O) groups excluding carboxylic acids is 1. The van der Waals surface area contributed by atoms with Gasteiger partial charge in [-0.05, 0) is 18.1 Å². The first-order valence-corrected chi connectivity index (χ1v) is 7.08. The summed E-state index contributed by atoms with van der Waals surface area (Å²) in [6.07, 6.45) is 3.33. The Balaban J connectivity index is 2.97. The molecule has 6 nitrogen and oxygen atoms in total. The molecule has 0 saturated heterocycles. The van der Waals surface area contributed by atoms with E-state index in [0.717, 1.165) is 0 Å². The molecule has 18 heavy (non-hydrogen) atoms. The van der Waals surface area contributed by atoms with E-state index < -0.39 is 22.0 Å². The second-order valence-electron chi connectivity index (χ2n) is 4.08. The van der Waals surface area contributed by atoms with E-state index >= 15 is 0 Å². The van der Waals surface area contributed by atoms with Crippen LogP contribution in [0.2, 0.25) is 0 Å². The van der Waals surface area contributed by atoms with Crippen LogP contribution in [-0.2, 0) is 14.8 Å². The molecule has 7 heteroatoms. The average Bonchev–Trinajstić information content (AvgIpc) is 2.36. The van der Waals surface area contributed by atoms with Crippen molar-refractivity contribution in [2.45, 2.75) is 31.2 Å². The standard InChI is InChI=1S/C11H17N3O3S/c1-3-8(2)10(11(12)15)14-18(16,17)9-5-4-6-13-7-9/h4-8,10,14H,3H2,1-2H3,(H2,12,15)/t8-,10+/m0/s1. The number of nitrogens with one attached hydrogen (secondary N) is 1. The molecule has 0 aliphatic carbocycles. The van der Waals surface area contributed by atoms with Crippen molar-refractivity contribution in [3.8, 4) is 0 Å². The second-order valence-corrected chi connectivity index (χ2v) is 5.79. The molecule has 1 rings (SSSR count). The van der Waals surface area contributed by atoms with Gasteiger partial charge in [-0.15, -0.1) is 0 Å². The summed E-state index contributed by atoms with van der Waals surface area (Å²) >= 11 is 0. The molecule has 0 saturated carbocycles. The molecular weight excluding hydrogens is 254 g/mol. The van der Waals surface area contributed by atoms with Crippen LogP contribution in [0.1, 0.15) is 20.3 Å². The van der Waals surface area contributed by atoms with Crippen molar-refractivity contribution < 1.29 is 13.2 Å². The van der Waals surface area contributed by atoms with Gasteiger partial charge in [0, 0.05) is 12.4 Å². The Morgan fingerprint density at radius 1 is 1.56 bits per heavy atom. The van der Waals surface area contributed by atoms with E-state index in [1.165, 1.54) is 24.5 Å². The molecule has 0 radical (unpaired) electrons. The molecule has 1 heterocycles. The number of nitrogens with zero attached hydrogens (tertiary/aromatic N) is 1. The number of hydrogen-bond acceptors (Lipinski definition) is 4. The lowest BCUT2D eigenvalue weighted by molar-refractivity contribution is -0.120. The van der Waals surface area contributed by atoms with E-state index in [0.29, 0.717) is 6.42 Å². The quantitative estimate of drug-likeness (QED) is 0.774. The Hall–Kier alpha value is -1.47. The molecule has 1 amide bonds. The van der Waals surface area contributed by atoms with Gasteiger partial charge in [-0.1, -0.05) is 20.3 Å². The van der Waals surface area contributed by atoms with Gasteiger partial charge in [-0.3, -0.25) is 9.78 Å². The van der Waals surface area contributed by atoms with E-state index in [2.05, 4.69) is 9.71 Å². The molecule has 0 fully saturated rings. The number of amides is 1. The molecule has 2 atom stereocenters. The number of nitrogens with two attached hydrogens (primary N) is 1. The lowest BCUT2D eigenvalue weighted by Gasteiger charge is -2.20. The first kappa shape index (κ1) is 14.6. The van der Waals surface area contributed by atoms with Gasteiger partial charge in [0.25, 0.3) is 0 Å². The molecule has 1 aromatic rings. The Labute approximate surface area is 107 Å². The molecule has 100 valence electrons. The van der Waals surface area contributed by atoms with Crippen molar-refractivity contribution in [2.24, 2.45) is 11.7 Å². The highest BCUT2D eigenvalue weighted by atomic mass is 32.2. The summed E-state index contributed by atoms with van der Waals surface area (Å²) in [5.74, 6) is -0.856. The maximum atomic E-state index is 12.0. The van der Waals surface area contributed by atoms with E-state index in [-0.39, 0.29) is 10.8 Å². The minimum atomic E-state index is -3.77. The van der Waals surface area contributed by atoms with Gasteiger partial charge in [-0.25, -0.2) is 8.42 Å². The van der Waals surface area contributed by atoms with Crippen molar-refractivity contribution in [3.05, 3.63) is 24.5 Å². The zero-order chi connectivity index (χ0) is 13.8. The van der Waals surface area contributed by atoms with E-state index in [9.17, 15) is 13.2 Å². The fraction of sp³-hybridized carbons (Fsp3) is 0.455. The number of pyridine rings is 1. The summed E-state index contributed by atoms with van der Waals surface area (Å²) in [7, 11) is -3.77. The highest BCUT2D eigenvalue weighted by Gasteiger charge is 2.27. The summed E-state index contributed by atoms with van der Waals surface area (Å²) < 4.78 is 26.3. The lowest BCUT2D eigenvalue weighted by atomic mass is 10.00. The molecular formula is C11H17N3O3S. The van der Waals surface area contributed by atoms with E-state index in [1.807, 2.05) is 6.92 Å². The molecule has 0 unspecified atom stereocenters. The van der Waals surface area contributed by atoms with Crippen LogP contribution in [0.15, 0.2) is 29.4 Å². The van der Waals surface area contributed by atoms with Crippen LogP contribution < -0.4 is 10.5 Å². The van der Waals surface area contributed by atoms with Crippen LogP contribution in [0, 0.1) is 5.92 Å². The predicted molar refractivity (Wildman–Crippen MR) is 67.0 cm³/mol. The Morgan fingerprint density at radius 2 is 2.22 bits per heavy atom. The minimum absolute atomic E-state index is 0.0135. The van der Waals surface area contributed by atoms with E-state index in [1.54, 1.807) is 6.92 Å². The monoisotopic (exact) mass is 271 g/mol. The van der Waals surface area contributed by atoms with Crippen molar-refractivity contribution in [3.63, 3.8) is 0 Å². The summed E-state index contributed by atoms with van der Waals surface area (Å²) in [4.78, 5) is 15.0. The third-order valence-electron chi connectivity index (χ3n) is 2.75. The van der Waals surface area contributed by atoms with E-state index in [4.69, 9.17) is 5.73 Å². The minimum Gasteiger partial charge on any atom is -0.368 e. The van der Waals surface area contributed by atoms with Crippen LogP contribution in [0.4, 0.5) is 0 Å². The van der Waals surface area contributed by atoms with Crippen molar-refractivity contribution in [1.82, 2.24) is 9.71 Å². The molecule has 3 N–H and O–H groups in total. The SMILES string of the molecule is CC[C@H](C)[C@@H](NS(=O)(=O)c1cccnc1)C(N)=O. The normalized spacial score (nSPS) is 15.0. The molecule has 1 aromatic heterocycles. The summed E-state index contributed by atoms with van der Waals surface area (Å²) in [5.41, 5.74) is 5.22. The third kappa shape index (κ3) is 3.51. The number of aromatic nitrogens is 1. The summed E-state index contributed by atoms with van der Waals surface area (Å²) in [6.45, 7) is 3.63. The zero-order valence-corrected chi connectivity index (χ0v) is 11.1. The largest absolute Gasteiger partial charge is 0.368 e. The second kappa shape index (κ2) is 5.92. The molecule has 0 spiro atoms. The van der Waals surface area contributed by atoms with Gasteiger partial charge in [0.2, 0.25) is 15.9 Å². The van der Waals surface area contributed by atoms with Crippen LogP contribution in [0.5, 0.6) is 0 Å². The average molecular weight is 271 g/mol. The van der Waals surface area contributed by atoms with Gasteiger partial charge in [0.15, 0.2) is 0 Å². The highest BCUT2D eigenvalue weighted by Crippen LogP contribution is 2.12. The van der Waals surface area contributed by atoms with Crippen molar-refractivity contribution >= 4 is 15.9 Å². The Morgan fingerprint density at radius 3 is 2.67 bits per heavy atom. The van der Waals surface area contributed by atoms with Gasteiger partial charge < -0.3 is 5.73 Å². The third-order valence-corrected chi connectivity index (χ3v) is 4.17. The van der Waals surface area contributed by atoms with Crippen molar-refractivity contribution in [1.29, 1.82) is 0 Å². The van der Waals surface area contributed by atoms with Crippen molar-refractivity contribution in [2.75, 3.05) is 0 Å². The fourth-order valence-electron chi connectivity index (χ4n) is 1.43. The molecule has 0 bridgehead atoms. The van der Waals surface area contributed by atoms with Gasteiger partial charge in [-0.2, -0.15) is 4.72 Å². The number of hydrogen-bond donors (Lipinski definition) is 2. The van der Waals surface area contributed by atoms with Crippen LogP contribution >= 0.6 is 0 Å². The maximum absolute atomic E-state index is 12.0.